The van der Waals surface area contributed by atoms with Gasteiger partial charge in [-0.3, -0.25) is 8.97 Å². The molecule has 0 saturated heterocycles. The molecule has 0 radical (unpaired) electrons. The minimum absolute atomic E-state index is 0.250. The molecule has 34 heavy (non-hydrogen) atoms. The number of fused-ring (bicyclic) bond motifs is 3. The Kier molecular flexibility index (Phi) is 7.08. The summed E-state index contributed by atoms with van der Waals surface area (Å²) in [7, 11) is 0. The summed E-state index contributed by atoms with van der Waals surface area (Å²) in [6, 6.07) is 12.2. The Hall–Kier alpha value is -3.12. The Bertz CT molecular complexity index is 1300. The van der Waals surface area contributed by atoms with E-state index in [0.717, 1.165) is 33.8 Å². The predicted molar refractivity (Wildman–Crippen MR) is 138 cm³/mol. The van der Waals surface area contributed by atoms with Crippen molar-refractivity contribution in [3.8, 4) is 5.69 Å². The molecule has 6 heteroatoms. The molecule has 4 aromatic rings. The fourth-order valence-corrected chi connectivity index (χ4v) is 4.80. The highest BCUT2D eigenvalue weighted by atomic mass is 16.4. The maximum atomic E-state index is 12.0. The third-order valence-corrected chi connectivity index (χ3v) is 6.45. The van der Waals surface area contributed by atoms with E-state index >= 15 is 0 Å². The van der Waals surface area contributed by atoms with Crippen LogP contribution in [0.25, 0.3) is 22.5 Å². The van der Waals surface area contributed by atoms with E-state index in [1.54, 1.807) is 4.40 Å². The highest BCUT2D eigenvalue weighted by molar-refractivity contribution is 5.93. The summed E-state index contributed by atoms with van der Waals surface area (Å²) in [5.41, 5.74) is 7.22. The number of carbonyl (C=O) groups is 1. The fourth-order valence-electron chi connectivity index (χ4n) is 4.80. The molecule has 0 spiro atoms. The molecule has 0 amide bonds. The molecule has 1 fully saturated rings. The van der Waals surface area contributed by atoms with Crippen LogP contribution in [0.3, 0.4) is 0 Å². The number of hydrogen-bond donors (Lipinski definition) is 2. The smallest absolute Gasteiger partial charge is 0.354 e. The van der Waals surface area contributed by atoms with Crippen molar-refractivity contribution in [1.29, 1.82) is 0 Å². The molecule has 6 nitrogen and oxygen atoms in total. The number of aromatic carboxylic acids is 1. The van der Waals surface area contributed by atoms with Gasteiger partial charge in [-0.25, -0.2) is 9.78 Å². The number of aromatic nitrogens is 3. The molecular formula is C28H36N4O2. The first-order chi connectivity index (χ1) is 16.4. The molecule has 2 heterocycles. The normalized spacial score (nSPS) is 13.3. The summed E-state index contributed by atoms with van der Waals surface area (Å²) >= 11 is 0. The molecule has 2 N–H and O–H groups in total. The Morgan fingerprint density at radius 2 is 1.74 bits per heavy atom. The van der Waals surface area contributed by atoms with Gasteiger partial charge in [0.2, 0.25) is 5.78 Å². The van der Waals surface area contributed by atoms with E-state index in [9.17, 15) is 9.90 Å². The molecule has 1 aliphatic rings. The van der Waals surface area contributed by atoms with E-state index in [4.69, 9.17) is 4.98 Å². The van der Waals surface area contributed by atoms with Crippen molar-refractivity contribution in [1.82, 2.24) is 19.3 Å². The number of benzene rings is 2. The number of nitrogens with zero attached hydrogens (tertiary/aromatic N) is 3. The van der Waals surface area contributed by atoms with Crippen molar-refractivity contribution in [2.75, 3.05) is 13.1 Å². The summed E-state index contributed by atoms with van der Waals surface area (Å²) in [6.07, 6.45) is 4.78. The molecule has 0 unspecified atom stereocenters. The first-order valence-electron chi connectivity index (χ1n) is 12.4. The van der Waals surface area contributed by atoms with Gasteiger partial charge in [0.05, 0.1) is 22.4 Å². The third kappa shape index (κ3) is 4.60. The van der Waals surface area contributed by atoms with Crippen LogP contribution in [0.15, 0.2) is 36.4 Å². The number of carboxylic acid groups (broad SMARTS) is 1. The second-order valence-electron chi connectivity index (χ2n) is 9.42. The van der Waals surface area contributed by atoms with Crippen molar-refractivity contribution in [3.05, 3.63) is 64.5 Å². The zero-order valence-corrected chi connectivity index (χ0v) is 21.0. The van der Waals surface area contributed by atoms with Crippen LogP contribution in [-0.2, 0) is 6.42 Å². The number of para-hydroxylation sites is 2. The zero-order valence-electron chi connectivity index (χ0n) is 21.0. The van der Waals surface area contributed by atoms with Crippen LogP contribution in [0.4, 0.5) is 0 Å². The highest BCUT2D eigenvalue weighted by Crippen LogP contribution is 2.31. The van der Waals surface area contributed by atoms with Gasteiger partial charge >= 0.3 is 5.97 Å². The van der Waals surface area contributed by atoms with Crippen LogP contribution >= 0.6 is 0 Å². The van der Waals surface area contributed by atoms with Gasteiger partial charge in [0, 0.05) is 0 Å². The topological polar surface area (TPSA) is 71.6 Å². The Balaban J connectivity index is 0.000000291. The minimum Gasteiger partial charge on any atom is -0.477 e. The fraction of sp³-hybridized carbons (Fsp3) is 0.429. The van der Waals surface area contributed by atoms with E-state index in [0.29, 0.717) is 17.9 Å². The summed E-state index contributed by atoms with van der Waals surface area (Å²) < 4.78 is 3.86. The molecule has 2 aromatic carbocycles. The van der Waals surface area contributed by atoms with Gasteiger partial charge in [0.1, 0.15) is 0 Å². The van der Waals surface area contributed by atoms with Crippen molar-refractivity contribution in [2.45, 2.75) is 60.3 Å². The van der Waals surface area contributed by atoms with E-state index in [-0.39, 0.29) is 5.69 Å². The number of carboxylic acids is 1. The standard InChI is InChI=1S/C21H21N3O2.C7H15N/c1-5-15-19(20(25)26)24-17-9-7-6-8-16(17)23(21(24)22-15)18-13(3)10-12(2)11-14(18)4;1-2-5-8-6-7-3-4-7/h6-11H,5H2,1-4H3,(H,25,26);7-8H,2-6H2,1H3. The van der Waals surface area contributed by atoms with Gasteiger partial charge in [0.15, 0.2) is 5.69 Å². The van der Waals surface area contributed by atoms with Crippen molar-refractivity contribution in [2.24, 2.45) is 5.92 Å². The first kappa shape index (κ1) is 24.0. The first-order valence-corrected chi connectivity index (χ1v) is 12.4. The van der Waals surface area contributed by atoms with Crippen molar-refractivity contribution in [3.63, 3.8) is 0 Å². The Morgan fingerprint density at radius 3 is 2.29 bits per heavy atom. The summed E-state index contributed by atoms with van der Waals surface area (Å²) in [5.74, 6) is 0.742. The lowest BCUT2D eigenvalue weighted by atomic mass is 10.0. The lowest BCUT2D eigenvalue weighted by Gasteiger charge is -2.13. The van der Waals surface area contributed by atoms with E-state index in [2.05, 4.69) is 49.7 Å². The SMILES string of the molecule is CCCNCC1CC1.CCc1nc2n(-c3c(C)cc(C)cc3C)c3ccccc3n2c1C(=O)O. The van der Waals surface area contributed by atoms with E-state index < -0.39 is 5.97 Å². The summed E-state index contributed by atoms with van der Waals surface area (Å²) in [6.45, 7) is 12.9. The quantitative estimate of drug-likeness (QED) is 0.339. The number of aryl methyl sites for hydroxylation is 4. The second-order valence-corrected chi connectivity index (χ2v) is 9.42. The number of imidazole rings is 2. The van der Waals surface area contributed by atoms with Gasteiger partial charge in [0.25, 0.3) is 0 Å². The second kappa shape index (κ2) is 10.0. The molecule has 0 bridgehead atoms. The Labute approximate surface area is 201 Å². The molecule has 180 valence electrons. The van der Waals surface area contributed by atoms with Crippen LogP contribution in [0.2, 0.25) is 0 Å². The molecule has 2 aromatic heterocycles. The number of rotatable bonds is 7. The van der Waals surface area contributed by atoms with Crippen molar-refractivity contribution < 1.29 is 9.90 Å². The highest BCUT2D eigenvalue weighted by Gasteiger charge is 2.25. The monoisotopic (exact) mass is 460 g/mol. The largest absolute Gasteiger partial charge is 0.477 e. The Morgan fingerprint density at radius 1 is 1.09 bits per heavy atom. The van der Waals surface area contributed by atoms with Crippen molar-refractivity contribution >= 4 is 22.8 Å². The van der Waals surface area contributed by atoms with Gasteiger partial charge in [-0.2, -0.15) is 0 Å². The molecule has 0 aliphatic heterocycles. The molecule has 5 rings (SSSR count). The number of hydrogen-bond acceptors (Lipinski definition) is 3. The summed E-state index contributed by atoms with van der Waals surface area (Å²) in [5, 5.41) is 13.2. The van der Waals surface area contributed by atoms with Gasteiger partial charge in [-0.05, 0) is 88.7 Å². The maximum Gasteiger partial charge on any atom is 0.354 e. The number of nitrogens with one attached hydrogen (secondary N) is 1. The van der Waals surface area contributed by atoms with E-state index in [1.807, 2.05) is 31.2 Å². The van der Waals surface area contributed by atoms with Crippen LogP contribution < -0.4 is 5.32 Å². The van der Waals surface area contributed by atoms with E-state index in [1.165, 1.54) is 37.9 Å². The minimum atomic E-state index is -0.949. The lowest BCUT2D eigenvalue weighted by molar-refractivity contribution is 0.0688. The average Bonchev–Trinajstić information content (AvgIpc) is 3.46. The lowest BCUT2D eigenvalue weighted by Crippen LogP contribution is -2.16. The van der Waals surface area contributed by atoms with Crippen LogP contribution in [0.5, 0.6) is 0 Å². The molecule has 0 atom stereocenters. The third-order valence-electron chi connectivity index (χ3n) is 6.45. The average molecular weight is 461 g/mol. The summed E-state index contributed by atoms with van der Waals surface area (Å²) in [4.78, 5) is 16.7. The van der Waals surface area contributed by atoms with Gasteiger partial charge in [-0.1, -0.05) is 43.7 Å². The molecule has 1 aliphatic carbocycles. The molecule has 1 saturated carbocycles. The van der Waals surface area contributed by atoms with Crippen LogP contribution in [0.1, 0.15) is 66.0 Å². The van der Waals surface area contributed by atoms with Crippen LogP contribution in [-0.4, -0.2) is 38.1 Å². The predicted octanol–water partition coefficient (Wildman–Crippen LogP) is 5.86. The van der Waals surface area contributed by atoms with Crippen LogP contribution in [0, 0.1) is 26.7 Å². The molecular weight excluding hydrogens is 424 g/mol. The zero-order chi connectivity index (χ0) is 24.4. The van der Waals surface area contributed by atoms with Gasteiger partial charge < -0.3 is 10.4 Å². The van der Waals surface area contributed by atoms with Gasteiger partial charge in [-0.15, -0.1) is 0 Å². The maximum absolute atomic E-state index is 12.0.